The van der Waals surface area contributed by atoms with E-state index in [4.69, 9.17) is 44.7 Å². The van der Waals surface area contributed by atoms with E-state index in [0.29, 0.717) is 25.7 Å². The SMILES string of the molecule is C/C=C(/C)C(=O)O[C@H]1C(C)=C2[C@H]([C@@H]1OC(=O)CCCCCCC)[C@@](C)(OC(C)=O)C[C@H](OC(=O)CCC(=O)C[C@@H](C)N)[C@@]1(O)[C@H]2OC(=O)[C@@]1(C)O.CC(=O)CC[C@H](NC(=O)CC[C@H](CC(=O)CC[C@H](NC(C)=O)C(=O)O)C(=O)O)C(=O)O.CC[C@@H](CCC(C)=O)C(=O)O. The maximum Gasteiger partial charge on any atom is 0.341 e. The van der Waals surface area contributed by atoms with E-state index in [-0.39, 0.29) is 97.8 Å². The number of aliphatic carboxylic acids is 4. The summed E-state index contributed by atoms with van der Waals surface area (Å²) < 4.78 is 29.4. The smallest absolute Gasteiger partial charge is 0.341 e. The summed E-state index contributed by atoms with van der Waals surface area (Å²) in [6, 6.07) is -3.00. The number of carboxylic acids is 4. The summed E-state index contributed by atoms with van der Waals surface area (Å²) in [7, 11) is 0. The van der Waals surface area contributed by atoms with E-state index in [1.165, 1.54) is 40.7 Å². The third-order valence-electron chi connectivity index (χ3n) is 16.3. The Morgan fingerprint density at radius 1 is 0.656 bits per heavy atom. The average Bonchev–Trinajstić information content (AvgIpc) is 1.53. The van der Waals surface area contributed by atoms with Crippen molar-refractivity contribution < 1.29 is 126 Å². The van der Waals surface area contributed by atoms with Crippen LogP contribution < -0.4 is 16.4 Å². The van der Waals surface area contributed by atoms with Crippen LogP contribution in [0.3, 0.4) is 0 Å². The molecule has 13 atom stereocenters. The topological polar surface area (TPSA) is 474 Å². The lowest BCUT2D eigenvalue weighted by molar-refractivity contribution is -0.212. The maximum absolute atomic E-state index is 13.4. The van der Waals surface area contributed by atoms with Crippen molar-refractivity contribution >= 4 is 88.7 Å². The zero-order valence-electron chi connectivity index (χ0n) is 55.4. The molecule has 10 N–H and O–H groups in total. The van der Waals surface area contributed by atoms with Crippen molar-refractivity contribution in [2.45, 2.75) is 271 Å². The van der Waals surface area contributed by atoms with E-state index in [9.17, 15) is 87.2 Å². The molecule has 0 aromatic rings. The van der Waals surface area contributed by atoms with E-state index in [1.807, 2.05) is 6.92 Å². The van der Waals surface area contributed by atoms with Gasteiger partial charge >= 0.3 is 53.7 Å². The zero-order chi connectivity index (χ0) is 71.5. The molecule has 524 valence electrons. The van der Waals surface area contributed by atoms with Gasteiger partial charge in [-0.1, -0.05) is 45.6 Å². The van der Waals surface area contributed by atoms with Gasteiger partial charge in [-0.05, 0) is 105 Å². The highest BCUT2D eigenvalue weighted by molar-refractivity contribution is 5.90. The number of nitrogens with one attached hydrogen (secondary N) is 2. The number of aliphatic hydroxyl groups is 2. The van der Waals surface area contributed by atoms with Crippen LogP contribution in [0.2, 0.25) is 0 Å². The molecule has 0 bridgehead atoms. The number of esters is 5. The Balaban J connectivity index is 0.000000868. The van der Waals surface area contributed by atoms with Crippen LogP contribution in [-0.4, -0.2) is 179 Å². The highest BCUT2D eigenvalue weighted by Gasteiger charge is 2.76. The van der Waals surface area contributed by atoms with Crippen molar-refractivity contribution in [1.82, 2.24) is 10.6 Å². The van der Waals surface area contributed by atoms with Gasteiger partial charge in [0.2, 0.25) is 11.8 Å². The maximum atomic E-state index is 13.4. The van der Waals surface area contributed by atoms with Crippen molar-refractivity contribution in [3.8, 4) is 0 Å². The summed E-state index contributed by atoms with van der Waals surface area (Å²) in [6.07, 6.45) is -1.59. The minimum absolute atomic E-state index is 0.0254. The number of carbonyl (C=O) groups excluding carboxylic acids is 11. The van der Waals surface area contributed by atoms with Gasteiger partial charge in [0.15, 0.2) is 29.5 Å². The summed E-state index contributed by atoms with van der Waals surface area (Å²) in [5, 5.41) is 64.4. The Morgan fingerprint density at radius 2 is 1.18 bits per heavy atom. The fourth-order valence-electron chi connectivity index (χ4n) is 11.0. The molecule has 1 saturated heterocycles. The molecule has 2 fully saturated rings. The van der Waals surface area contributed by atoms with Crippen LogP contribution >= 0.6 is 0 Å². The molecule has 2 amide bonds. The number of fused-ring (bicyclic) bond motifs is 3. The van der Waals surface area contributed by atoms with Crippen LogP contribution in [0.1, 0.15) is 212 Å². The van der Waals surface area contributed by atoms with E-state index < -0.39 is 162 Å². The van der Waals surface area contributed by atoms with Gasteiger partial charge in [-0.3, -0.25) is 43.2 Å². The lowest BCUT2D eigenvalue weighted by Gasteiger charge is -2.41. The predicted molar refractivity (Wildman–Crippen MR) is 327 cm³/mol. The second kappa shape index (κ2) is 39.0. The van der Waals surface area contributed by atoms with Gasteiger partial charge in [0, 0.05) is 83.2 Å². The predicted octanol–water partition coefficient (Wildman–Crippen LogP) is 4.42. The number of nitrogens with two attached hydrogens (primary N) is 1. The van der Waals surface area contributed by atoms with Gasteiger partial charge in [-0.2, -0.15) is 0 Å². The molecule has 3 aliphatic rings. The monoisotopic (exact) mass is 1320 g/mol. The second-order valence-electron chi connectivity index (χ2n) is 24.4. The summed E-state index contributed by atoms with van der Waals surface area (Å²) in [5.74, 6) is -14.2. The van der Waals surface area contributed by atoms with Crippen LogP contribution in [0.4, 0.5) is 0 Å². The summed E-state index contributed by atoms with van der Waals surface area (Å²) >= 11 is 0. The Labute approximate surface area is 541 Å². The van der Waals surface area contributed by atoms with E-state index in [0.717, 1.165) is 46.5 Å². The van der Waals surface area contributed by atoms with Gasteiger partial charge in [-0.25, -0.2) is 19.2 Å². The fraction of sp³-hybridized carbons (Fsp3) is 0.703. The van der Waals surface area contributed by atoms with E-state index in [2.05, 4.69) is 17.6 Å². The lowest BCUT2D eigenvalue weighted by atomic mass is 9.75. The minimum Gasteiger partial charge on any atom is -0.481 e. The van der Waals surface area contributed by atoms with Crippen molar-refractivity contribution in [3.05, 3.63) is 22.8 Å². The molecule has 0 radical (unpaired) electrons. The number of rotatable bonds is 37. The molecule has 3 rings (SSSR count). The molecule has 1 aliphatic heterocycles. The van der Waals surface area contributed by atoms with Crippen LogP contribution in [0.5, 0.6) is 0 Å². The Kier molecular flexibility index (Phi) is 34.9. The van der Waals surface area contributed by atoms with Gasteiger partial charge < -0.3 is 80.3 Å². The van der Waals surface area contributed by atoms with Crippen LogP contribution in [-0.2, 0) is 95.6 Å². The van der Waals surface area contributed by atoms with Gasteiger partial charge in [0.1, 0.15) is 46.9 Å². The second-order valence-corrected chi connectivity index (χ2v) is 24.4. The number of Topliss-reactive ketones (excluding diaryl/α,β-unsaturated/α-hetero) is 4. The van der Waals surface area contributed by atoms with Gasteiger partial charge in [-0.15, -0.1) is 0 Å². The zero-order valence-corrected chi connectivity index (χ0v) is 55.4. The Bertz CT molecular complexity index is 2790. The summed E-state index contributed by atoms with van der Waals surface area (Å²) in [6.45, 7) is 17.8. The first-order valence-corrected chi connectivity index (χ1v) is 31.2. The molecule has 0 aromatic carbocycles. The largest absolute Gasteiger partial charge is 0.481 e. The van der Waals surface area contributed by atoms with Crippen LogP contribution in [0, 0.1) is 17.8 Å². The highest BCUT2D eigenvalue weighted by Crippen LogP contribution is 2.57. The molecule has 0 aromatic heterocycles. The first kappa shape index (κ1) is 83.2. The number of unbranched alkanes of at least 4 members (excludes halogenated alkanes) is 4. The molecular weight excluding hydrogens is 1230 g/mol. The number of hydrogen-bond donors (Lipinski definition) is 9. The first-order valence-electron chi connectivity index (χ1n) is 31.2. The number of carbonyl (C=O) groups is 15. The van der Waals surface area contributed by atoms with Crippen LogP contribution in [0.25, 0.3) is 0 Å². The minimum atomic E-state index is -2.69. The molecule has 29 heteroatoms. The number of ketones is 4. The first-order chi connectivity index (χ1) is 43.1. The quantitative estimate of drug-likeness (QED) is 0.0137. The van der Waals surface area contributed by atoms with E-state index >= 15 is 0 Å². The summed E-state index contributed by atoms with van der Waals surface area (Å²) in [4.78, 5) is 179. The lowest BCUT2D eigenvalue weighted by Crippen LogP contribution is -2.64. The molecule has 93 heavy (non-hydrogen) atoms. The normalized spacial score (nSPS) is 23.6. The molecule has 0 spiro atoms. The Morgan fingerprint density at radius 3 is 1.69 bits per heavy atom. The Hall–Kier alpha value is -7.79. The molecule has 1 heterocycles. The van der Waals surface area contributed by atoms with Crippen LogP contribution in [0.15, 0.2) is 22.8 Å². The molecule has 1 saturated carbocycles. The standard InChI is InChI=1S/C37H55NO13.C19H28N2O10.C8H14O3/c1-9-11-12-13-14-15-26(41)48-31-29-28(22(5)30(31)49-33(43)20(3)10-2)32-37(46,36(8,45)34(44)50-32)25(19-35(29,7)51-23(6)39)47-27(42)17-16-24(40)18-21(4)38;1-10(22)3-6-15(19(30)31)21-16(25)8-4-12(17(26)27)9-13(24)5-7-14(18(28)29)20-11(2)23;1-3-7(8(10)11)5-4-6(2)9/h10,21,25,29-32,45-46H,9,11-19,38H2,1-8H3;12,14-15H,3-9H2,1-2H3,(H,20,23)(H,21,25)(H,26,27)(H,28,29)(H,30,31);7H,3-5H2,1-2H3,(H,10,11)/b20-10-;;/t21-,25+,29-,30+,31+,32+,35+,36-,37-;12-,14+,15+;7-/m110/s1. The summed E-state index contributed by atoms with van der Waals surface area (Å²) in [5.41, 5.74) is -0.882. The third kappa shape index (κ3) is 26.3. The highest BCUT2D eigenvalue weighted by atomic mass is 16.6. The number of amides is 2. The fourth-order valence-corrected chi connectivity index (χ4v) is 11.0. The van der Waals surface area contributed by atoms with Crippen molar-refractivity contribution in [2.75, 3.05) is 0 Å². The molecule has 2 aliphatic carbocycles. The number of hydrogen-bond acceptors (Lipinski definition) is 23. The molecule has 29 nitrogen and oxygen atoms in total. The molecular formula is C64H97N3O26. The third-order valence-corrected chi connectivity index (χ3v) is 16.3. The molecule has 0 unspecified atom stereocenters. The number of ether oxygens (including phenoxy) is 5. The van der Waals surface area contributed by atoms with Gasteiger partial charge in [0.05, 0.1) is 24.2 Å². The van der Waals surface area contributed by atoms with Crippen molar-refractivity contribution in [1.29, 1.82) is 0 Å². The van der Waals surface area contributed by atoms with E-state index in [1.54, 1.807) is 13.8 Å². The number of allylic oxidation sites excluding steroid dienone is 1. The van der Waals surface area contributed by atoms with Gasteiger partial charge in [0.25, 0.3) is 0 Å². The van der Waals surface area contributed by atoms with Crippen molar-refractivity contribution in [3.63, 3.8) is 0 Å². The van der Waals surface area contributed by atoms with Crippen molar-refractivity contribution in [2.24, 2.45) is 23.5 Å². The number of carboxylic acid groups (broad SMARTS) is 4. The average molecular weight is 1320 g/mol.